The van der Waals surface area contributed by atoms with Gasteiger partial charge in [-0.1, -0.05) is 19.0 Å². The summed E-state index contributed by atoms with van der Waals surface area (Å²) in [5.41, 5.74) is 0.770. The average Bonchev–Trinajstić information content (AvgIpc) is 2.60. The molecule has 4 heteroatoms. The van der Waals surface area contributed by atoms with Crippen LogP contribution in [0.5, 0.6) is 0 Å². The van der Waals surface area contributed by atoms with Crippen molar-refractivity contribution in [2.45, 2.75) is 46.0 Å². The van der Waals surface area contributed by atoms with Crippen LogP contribution in [0.2, 0.25) is 0 Å². The molecular formula is C12H19NO3. The van der Waals surface area contributed by atoms with E-state index in [4.69, 9.17) is 10.3 Å². The summed E-state index contributed by atoms with van der Waals surface area (Å²) in [6, 6.07) is 0. The molecule has 4 nitrogen and oxygen atoms in total. The predicted octanol–water partition coefficient (Wildman–Crippen LogP) is 2.51. The maximum absolute atomic E-state index is 10.7. The van der Waals surface area contributed by atoms with Crippen LogP contribution in [0.25, 0.3) is 0 Å². The first-order chi connectivity index (χ1) is 7.44. The third kappa shape index (κ3) is 1.28. The van der Waals surface area contributed by atoms with E-state index in [2.05, 4.69) is 19.0 Å². The highest BCUT2D eigenvalue weighted by atomic mass is 16.4. The number of hydrogen-bond acceptors (Lipinski definition) is 3. The van der Waals surface area contributed by atoms with Gasteiger partial charge in [0.25, 0.3) is 0 Å². The van der Waals surface area contributed by atoms with E-state index >= 15 is 0 Å². The van der Waals surface area contributed by atoms with Crippen molar-refractivity contribution >= 4 is 11.7 Å². The van der Waals surface area contributed by atoms with Crippen molar-refractivity contribution in [3.05, 3.63) is 0 Å². The SMILES string of the molecule is C[C@]12CC[C@@H](C/C1=N/O)[C@@]2(C)CCC(=O)O. The summed E-state index contributed by atoms with van der Waals surface area (Å²) in [5, 5.41) is 21.3. The Kier molecular flexibility index (Phi) is 2.48. The molecule has 0 heterocycles. The Morgan fingerprint density at radius 1 is 1.56 bits per heavy atom. The smallest absolute Gasteiger partial charge is 0.303 e. The molecule has 0 spiro atoms. The van der Waals surface area contributed by atoms with Crippen LogP contribution in [-0.2, 0) is 4.79 Å². The quantitative estimate of drug-likeness (QED) is 0.572. The van der Waals surface area contributed by atoms with Gasteiger partial charge in [0, 0.05) is 11.8 Å². The van der Waals surface area contributed by atoms with Crippen molar-refractivity contribution in [3.63, 3.8) is 0 Å². The van der Waals surface area contributed by atoms with Crippen molar-refractivity contribution < 1.29 is 15.1 Å². The molecule has 0 aliphatic heterocycles. The van der Waals surface area contributed by atoms with Crippen molar-refractivity contribution in [3.8, 4) is 0 Å². The fraction of sp³-hybridized carbons (Fsp3) is 0.833. The summed E-state index contributed by atoms with van der Waals surface area (Å²) in [6.07, 6.45) is 3.88. The van der Waals surface area contributed by atoms with Crippen molar-refractivity contribution in [2.24, 2.45) is 21.9 Å². The predicted molar refractivity (Wildman–Crippen MR) is 59.6 cm³/mol. The summed E-state index contributed by atoms with van der Waals surface area (Å²) >= 11 is 0. The van der Waals surface area contributed by atoms with Crippen LogP contribution >= 0.6 is 0 Å². The molecule has 0 aromatic carbocycles. The highest BCUT2D eigenvalue weighted by Gasteiger charge is 2.62. The van der Waals surface area contributed by atoms with E-state index in [-0.39, 0.29) is 17.3 Å². The molecule has 0 aromatic rings. The summed E-state index contributed by atoms with van der Waals surface area (Å²) in [6.45, 7) is 4.28. The zero-order chi connectivity index (χ0) is 12.0. The van der Waals surface area contributed by atoms with Crippen LogP contribution in [0.3, 0.4) is 0 Å². The van der Waals surface area contributed by atoms with E-state index in [1.165, 1.54) is 0 Å². The lowest BCUT2D eigenvalue weighted by atomic mass is 9.66. The minimum Gasteiger partial charge on any atom is -0.481 e. The Morgan fingerprint density at radius 2 is 2.25 bits per heavy atom. The van der Waals surface area contributed by atoms with Crippen molar-refractivity contribution in [1.29, 1.82) is 0 Å². The Balaban J connectivity index is 2.25. The molecule has 2 rings (SSSR count). The van der Waals surface area contributed by atoms with Crippen LogP contribution in [0.1, 0.15) is 46.0 Å². The van der Waals surface area contributed by atoms with Gasteiger partial charge in [0.2, 0.25) is 0 Å². The molecule has 0 saturated heterocycles. The average molecular weight is 225 g/mol. The molecular weight excluding hydrogens is 206 g/mol. The number of fused-ring (bicyclic) bond motifs is 2. The van der Waals surface area contributed by atoms with Gasteiger partial charge in [-0.3, -0.25) is 4.79 Å². The van der Waals surface area contributed by atoms with Gasteiger partial charge in [0.1, 0.15) is 0 Å². The first-order valence-corrected chi connectivity index (χ1v) is 5.87. The molecule has 3 atom stereocenters. The topological polar surface area (TPSA) is 69.9 Å². The maximum Gasteiger partial charge on any atom is 0.303 e. The van der Waals surface area contributed by atoms with Crippen LogP contribution in [-0.4, -0.2) is 22.0 Å². The molecule has 0 amide bonds. The van der Waals surface area contributed by atoms with Gasteiger partial charge >= 0.3 is 5.97 Å². The van der Waals surface area contributed by atoms with Gasteiger partial charge < -0.3 is 10.3 Å². The molecule has 0 aromatic heterocycles. The molecule has 90 valence electrons. The number of hydrogen-bond donors (Lipinski definition) is 2. The van der Waals surface area contributed by atoms with Gasteiger partial charge in [0.15, 0.2) is 0 Å². The van der Waals surface area contributed by atoms with Gasteiger partial charge in [-0.15, -0.1) is 0 Å². The summed E-state index contributed by atoms with van der Waals surface area (Å²) < 4.78 is 0. The molecule has 0 unspecified atom stereocenters. The number of aliphatic carboxylic acids is 1. The van der Waals surface area contributed by atoms with E-state index in [1.807, 2.05) is 0 Å². The van der Waals surface area contributed by atoms with E-state index in [9.17, 15) is 4.79 Å². The fourth-order valence-corrected chi connectivity index (χ4v) is 3.78. The van der Waals surface area contributed by atoms with Crippen LogP contribution in [0.4, 0.5) is 0 Å². The molecule has 2 fully saturated rings. The van der Waals surface area contributed by atoms with E-state index in [0.29, 0.717) is 12.3 Å². The van der Waals surface area contributed by atoms with Crippen LogP contribution < -0.4 is 0 Å². The van der Waals surface area contributed by atoms with Gasteiger partial charge in [-0.25, -0.2) is 0 Å². The molecule has 2 saturated carbocycles. The summed E-state index contributed by atoms with van der Waals surface area (Å²) in [5.74, 6) is -0.249. The molecule has 2 N–H and O–H groups in total. The normalized spacial score (nSPS) is 44.1. The monoisotopic (exact) mass is 225 g/mol. The lowest BCUT2D eigenvalue weighted by molar-refractivity contribution is -0.138. The molecule has 0 radical (unpaired) electrons. The van der Waals surface area contributed by atoms with Crippen molar-refractivity contribution in [1.82, 2.24) is 0 Å². The lowest BCUT2D eigenvalue weighted by Gasteiger charge is -2.37. The third-order valence-electron chi connectivity index (χ3n) is 5.21. The fourth-order valence-electron chi connectivity index (χ4n) is 3.78. The lowest BCUT2D eigenvalue weighted by Crippen LogP contribution is -2.35. The number of rotatable bonds is 3. The minimum absolute atomic E-state index is 0.00699. The maximum atomic E-state index is 10.7. The summed E-state index contributed by atoms with van der Waals surface area (Å²) in [4.78, 5) is 10.7. The first-order valence-electron chi connectivity index (χ1n) is 5.87. The highest BCUT2D eigenvalue weighted by molar-refractivity contribution is 5.94. The standard InChI is InChI=1S/C12H19NO3/c1-11(6-4-10(14)15)8-3-5-12(11,2)9(7-8)13-16/h8,16H,3-7H2,1-2H3,(H,14,15)/b13-9-/t8-,11+,12-/m0/s1. The Labute approximate surface area is 95.3 Å². The highest BCUT2D eigenvalue weighted by Crippen LogP contribution is 2.66. The first kappa shape index (κ1) is 11.4. The van der Waals surface area contributed by atoms with Gasteiger partial charge in [-0.2, -0.15) is 0 Å². The second-order valence-electron chi connectivity index (χ2n) is 5.63. The molecule has 2 bridgehead atoms. The second-order valence-corrected chi connectivity index (χ2v) is 5.63. The van der Waals surface area contributed by atoms with Gasteiger partial charge in [0.05, 0.1) is 5.71 Å². The Bertz CT molecular complexity index is 352. The molecule has 2 aliphatic rings. The van der Waals surface area contributed by atoms with E-state index in [0.717, 1.165) is 25.0 Å². The van der Waals surface area contributed by atoms with E-state index in [1.54, 1.807) is 0 Å². The molecule has 2 aliphatic carbocycles. The Hall–Kier alpha value is -1.06. The van der Waals surface area contributed by atoms with Crippen LogP contribution in [0.15, 0.2) is 5.16 Å². The number of nitrogens with zero attached hydrogens (tertiary/aromatic N) is 1. The molecule has 16 heavy (non-hydrogen) atoms. The number of oxime groups is 1. The zero-order valence-corrected chi connectivity index (χ0v) is 9.86. The minimum atomic E-state index is -0.737. The second kappa shape index (κ2) is 3.47. The summed E-state index contributed by atoms with van der Waals surface area (Å²) in [7, 11) is 0. The largest absolute Gasteiger partial charge is 0.481 e. The van der Waals surface area contributed by atoms with E-state index < -0.39 is 5.97 Å². The Morgan fingerprint density at radius 3 is 2.75 bits per heavy atom. The number of carbonyl (C=O) groups is 1. The number of carboxylic acids is 1. The zero-order valence-electron chi connectivity index (χ0n) is 9.86. The van der Waals surface area contributed by atoms with Crippen LogP contribution in [0, 0.1) is 16.7 Å². The van der Waals surface area contributed by atoms with Crippen molar-refractivity contribution in [2.75, 3.05) is 0 Å². The van der Waals surface area contributed by atoms with Gasteiger partial charge in [-0.05, 0) is 37.0 Å². The third-order valence-corrected chi connectivity index (χ3v) is 5.21. The number of carboxylic acid groups (broad SMARTS) is 1.